The van der Waals surface area contributed by atoms with Gasteiger partial charge in [0.25, 0.3) is 5.69 Å². The normalized spacial score (nSPS) is 10.4. The summed E-state index contributed by atoms with van der Waals surface area (Å²) in [6.45, 7) is 1.76. The zero-order valence-corrected chi connectivity index (χ0v) is 11.5. The lowest BCUT2D eigenvalue weighted by Crippen LogP contribution is -1.95. The van der Waals surface area contributed by atoms with E-state index in [1.807, 2.05) is 6.07 Å². The zero-order chi connectivity index (χ0) is 15.7. The first-order valence-corrected chi connectivity index (χ1v) is 6.39. The van der Waals surface area contributed by atoms with Crippen LogP contribution in [0, 0.1) is 28.4 Å². The first-order valence-electron chi connectivity index (χ1n) is 6.39. The van der Waals surface area contributed by atoms with Gasteiger partial charge in [0, 0.05) is 24.7 Å². The molecule has 0 unspecified atom stereocenters. The van der Waals surface area contributed by atoms with Crippen molar-refractivity contribution in [1.29, 1.82) is 5.26 Å². The van der Waals surface area contributed by atoms with Crippen LogP contribution in [0.2, 0.25) is 0 Å². The molecule has 7 nitrogen and oxygen atoms in total. The van der Waals surface area contributed by atoms with Crippen molar-refractivity contribution in [3.05, 3.63) is 58.0 Å². The largest absolute Gasteiger partial charge is 0.441 e. The Morgan fingerprint density at radius 2 is 2.14 bits per heavy atom. The number of nitriles is 1. The number of rotatable bonds is 3. The number of nitro groups is 1. The minimum Gasteiger partial charge on any atom is -0.441 e. The van der Waals surface area contributed by atoms with Gasteiger partial charge in [-0.2, -0.15) is 5.26 Å². The standard InChI is InChI=1S/C15H10N4O3/c1-9-17-14-7-11(2-5-15(14)22-9)18-13-4-3-12(19(20)21)6-10(13)8-16/h2-7,18H,1H3. The third kappa shape index (κ3) is 2.45. The van der Waals surface area contributed by atoms with Gasteiger partial charge in [0.05, 0.1) is 16.2 Å². The Bertz CT molecular complexity index is 924. The molecular formula is C15H10N4O3. The molecule has 108 valence electrons. The van der Waals surface area contributed by atoms with Crippen LogP contribution in [0.3, 0.4) is 0 Å². The molecule has 7 heteroatoms. The van der Waals surface area contributed by atoms with Gasteiger partial charge in [-0.1, -0.05) is 0 Å². The number of oxazole rings is 1. The highest BCUT2D eigenvalue weighted by atomic mass is 16.6. The van der Waals surface area contributed by atoms with Gasteiger partial charge in [0.1, 0.15) is 11.6 Å². The average Bonchev–Trinajstić information content (AvgIpc) is 2.86. The van der Waals surface area contributed by atoms with E-state index in [1.165, 1.54) is 18.2 Å². The van der Waals surface area contributed by atoms with Crippen LogP contribution in [0.15, 0.2) is 40.8 Å². The minimum absolute atomic E-state index is 0.121. The van der Waals surface area contributed by atoms with Crippen LogP contribution >= 0.6 is 0 Å². The molecule has 2 aromatic carbocycles. The van der Waals surface area contributed by atoms with Crippen LogP contribution in [0.4, 0.5) is 17.1 Å². The summed E-state index contributed by atoms with van der Waals surface area (Å²) < 4.78 is 5.39. The number of benzene rings is 2. The summed E-state index contributed by atoms with van der Waals surface area (Å²) in [4.78, 5) is 14.4. The van der Waals surface area contributed by atoms with E-state index in [2.05, 4.69) is 10.3 Å². The van der Waals surface area contributed by atoms with Crippen LogP contribution in [0.25, 0.3) is 11.1 Å². The molecule has 0 radical (unpaired) electrons. The number of nitrogens with one attached hydrogen (secondary N) is 1. The molecule has 0 aliphatic heterocycles. The van der Waals surface area contributed by atoms with E-state index in [9.17, 15) is 10.1 Å². The van der Waals surface area contributed by atoms with Crippen molar-refractivity contribution in [2.24, 2.45) is 0 Å². The number of anilines is 2. The van der Waals surface area contributed by atoms with E-state index < -0.39 is 4.92 Å². The third-order valence-corrected chi connectivity index (χ3v) is 3.11. The van der Waals surface area contributed by atoms with Crippen molar-refractivity contribution < 1.29 is 9.34 Å². The molecule has 0 saturated carbocycles. The quantitative estimate of drug-likeness (QED) is 0.583. The van der Waals surface area contributed by atoms with Crippen molar-refractivity contribution >= 4 is 28.2 Å². The van der Waals surface area contributed by atoms with Crippen LogP contribution in [0.1, 0.15) is 11.5 Å². The topological polar surface area (TPSA) is 105 Å². The molecule has 0 bridgehead atoms. The Hall–Kier alpha value is -3.40. The van der Waals surface area contributed by atoms with Gasteiger partial charge >= 0.3 is 0 Å². The van der Waals surface area contributed by atoms with Crippen LogP contribution in [-0.4, -0.2) is 9.91 Å². The molecule has 0 aliphatic carbocycles. The number of fused-ring (bicyclic) bond motifs is 1. The maximum absolute atomic E-state index is 10.7. The number of aromatic nitrogens is 1. The summed E-state index contributed by atoms with van der Waals surface area (Å²) in [5.41, 5.74) is 2.66. The molecule has 22 heavy (non-hydrogen) atoms. The smallest absolute Gasteiger partial charge is 0.270 e. The molecule has 0 amide bonds. The van der Waals surface area contributed by atoms with E-state index in [-0.39, 0.29) is 11.3 Å². The van der Waals surface area contributed by atoms with Gasteiger partial charge in [0.15, 0.2) is 11.5 Å². The Labute approximate surface area is 125 Å². The number of aryl methyl sites for hydroxylation is 1. The summed E-state index contributed by atoms with van der Waals surface area (Å²) in [5.74, 6) is 0.570. The first-order chi connectivity index (χ1) is 10.6. The molecule has 0 fully saturated rings. The number of hydrogen-bond donors (Lipinski definition) is 1. The van der Waals surface area contributed by atoms with Crippen molar-refractivity contribution in [3.8, 4) is 6.07 Å². The maximum Gasteiger partial charge on any atom is 0.270 e. The van der Waals surface area contributed by atoms with Gasteiger partial charge in [-0.25, -0.2) is 4.98 Å². The van der Waals surface area contributed by atoms with Crippen LogP contribution in [-0.2, 0) is 0 Å². The first kappa shape index (κ1) is 13.6. The lowest BCUT2D eigenvalue weighted by atomic mass is 10.1. The third-order valence-electron chi connectivity index (χ3n) is 3.11. The SMILES string of the molecule is Cc1nc2cc(Nc3ccc([N+](=O)[O-])cc3C#N)ccc2o1. The van der Waals surface area contributed by atoms with Crippen molar-refractivity contribution in [1.82, 2.24) is 4.98 Å². The molecule has 0 spiro atoms. The Morgan fingerprint density at radius 1 is 1.32 bits per heavy atom. The zero-order valence-electron chi connectivity index (χ0n) is 11.5. The predicted octanol–water partition coefficient (Wildman–Crippen LogP) is 3.66. The van der Waals surface area contributed by atoms with E-state index >= 15 is 0 Å². The van der Waals surface area contributed by atoms with Crippen LogP contribution in [0.5, 0.6) is 0 Å². The fourth-order valence-corrected chi connectivity index (χ4v) is 2.12. The van der Waals surface area contributed by atoms with Gasteiger partial charge < -0.3 is 9.73 Å². The van der Waals surface area contributed by atoms with Gasteiger partial charge in [-0.15, -0.1) is 0 Å². The Kier molecular flexibility index (Phi) is 3.20. The molecule has 0 saturated heterocycles. The van der Waals surface area contributed by atoms with Crippen molar-refractivity contribution in [2.45, 2.75) is 6.92 Å². The Balaban J connectivity index is 1.97. The second kappa shape index (κ2) is 5.18. The highest BCUT2D eigenvalue weighted by Gasteiger charge is 2.11. The van der Waals surface area contributed by atoms with E-state index in [0.29, 0.717) is 28.4 Å². The lowest BCUT2D eigenvalue weighted by Gasteiger charge is -2.07. The second-order valence-electron chi connectivity index (χ2n) is 4.64. The van der Waals surface area contributed by atoms with Crippen LogP contribution < -0.4 is 5.32 Å². The minimum atomic E-state index is -0.533. The molecule has 3 aromatic rings. The summed E-state index contributed by atoms with van der Waals surface area (Å²) in [5, 5.41) is 22.9. The fraction of sp³-hybridized carbons (Fsp3) is 0.0667. The van der Waals surface area contributed by atoms with E-state index in [4.69, 9.17) is 9.68 Å². The van der Waals surface area contributed by atoms with E-state index in [1.54, 1.807) is 25.1 Å². The summed E-state index contributed by atoms with van der Waals surface area (Å²) >= 11 is 0. The van der Waals surface area contributed by atoms with Crippen molar-refractivity contribution in [3.63, 3.8) is 0 Å². The highest BCUT2D eigenvalue weighted by molar-refractivity contribution is 5.80. The summed E-state index contributed by atoms with van der Waals surface area (Å²) in [7, 11) is 0. The molecule has 1 heterocycles. The predicted molar refractivity (Wildman–Crippen MR) is 79.8 cm³/mol. The lowest BCUT2D eigenvalue weighted by molar-refractivity contribution is -0.384. The molecule has 0 aliphatic rings. The fourth-order valence-electron chi connectivity index (χ4n) is 2.12. The number of non-ortho nitro benzene ring substituents is 1. The number of hydrogen-bond acceptors (Lipinski definition) is 6. The van der Waals surface area contributed by atoms with Gasteiger partial charge in [-0.3, -0.25) is 10.1 Å². The molecule has 0 atom stereocenters. The average molecular weight is 294 g/mol. The van der Waals surface area contributed by atoms with Gasteiger partial charge in [-0.05, 0) is 24.3 Å². The van der Waals surface area contributed by atoms with Gasteiger partial charge in [0.2, 0.25) is 0 Å². The molecule has 1 N–H and O–H groups in total. The summed E-state index contributed by atoms with van der Waals surface area (Å²) in [6, 6.07) is 11.4. The monoisotopic (exact) mass is 294 g/mol. The highest BCUT2D eigenvalue weighted by Crippen LogP contribution is 2.27. The summed E-state index contributed by atoms with van der Waals surface area (Å²) in [6.07, 6.45) is 0. The second-order valence-corrected chi connectivity index (χ2v) is 4.64. The molecule has 1 aromatic heterocycles. The van der Waals surface area contributed by atoms with E-state index in [0.717, 1.165) is 0 Å². The molecule has 3 rings (SSSR count). The number of nitrogens with zero attached hydrogens (tertiary/aromatic N) is 3. The number of nitro benzene ring substituents is 1. The Morgan fingerprint density at radius 3 is 2.86 bits per heavy atom. The molecular weight excluding hydrogens is 284 g/mol. The van der Waals surface area contributed by atoms with Crippen molar-refractivity contribution in [2.75, 3.05) is 5.32 Å². The maximum atomic E-state index is 10.7.